The fraction of sp³-hybridized carbons (Fsp3) is 0.400. The van der Waals surface area contributed by atoms with E-state index in [2.05, 4.69) is 4.98 Å². The summed E-state index contributed by atoms with van der Waals surface area (Å²) >= 11 is 5.53. The molecule has 0 spiro atoms. The van der Waals surface area contributed by atoms with Crippen LogP contribution in [0.25, 0.3) is 0 Å². The number of aliphatic carboxylic acids is 1. The van der Waals surface area contributed by atoms with Gasteiger partial charge >= 0.3 is 12.1 Å². The van der Waals surface area contributed by atoms with Gasteiger partial charge in [0.15, 0.2) is 0 Å². The number of carbonyl (C=O) groups is 1. The summed E-state index contributed by atoms with van der Waals surface area (Å²) in [6.07, 6.45) is -3.47. The second kappa shape index (κ2) is 4.91. The molecule has 0 radical (unpaired) electrons. The third-order valence-corrected chi connectivity index (χ3v) is 2.57. The van der Waals surface area contributed by atoms with E-state index < -0.39 is 24.0 Å². The summed E-state index contributed by atoms with van der Waals surface area (Å²) in [6.45, 7) is 0.815. The summed E-state index contributed by atoms with van der Waals surface area (Å²) in [4.78, 5) is 14.5. The van der Waals surface area contributed by atoms with Gasteiger partial charge < -0.3 is 5.11 Å². The number of hydrogen-bond acceptors (Lipinski definition) is 2. The van der Waals surface area contributed by atoms with E-state index in [-0.39, 0.29) is 10.7 Å². The van der Waals surface area contributed by atoms with Crippen molar-refractivity contribution in [2.75, 3.05) is 0 Å². The van der Waals surface area contributed by atoms with Gasteiger partial charge in [-0.25, -0.2) is 0 Å². The largest absolute Gasteiger partial charge is 0.481 e. The quantitative estimate of drug-likeness (QED) is 0.915. The van der Waals surface area contributed by atoms with E-state index in [0.717, 1.165) is 13.1 Å². The number of alkyl halides is 3. The number of carboxylic acids is 1. The Morgan fingerprint density at radius 1 is 1.47 bits per heavy atom. The van der Waals surface area contributed by atoms with Crippen LogP contribution in [-0.2, 0) is 4.79 Å². The molecule has 0 fully saturated rings. The molecule has 1 rings (SSSR count). The summed E-state index contributed by atoms with van der Waals surface area (Å²) in [7, 11) is 0. The number of nitrogens with zero attached hydrogens (tertiary/aromatic N) is 1. The van der Waals surface area contributed by atoms with Crippen molar-refractivity contribution in [1.29, 1.82) is 0 Å². The van der Waals surface area contributed by atoms with E-state index in [4.69, 9.17) is 16.7 Å². The molecule has 0 saturated heterocycles. The van der Waals surface area contributed by atoms with E-state index in [1.807, 2.05) is 0 Å². The van der Waals surface area contributed by atoms with Crippen LogP contribution in [0.2, 0.25) is 5.02 Å². The summed E-state index contributed by atoms with van der Waals surface area (Å²) < 4.78 is 37.5. The molecule has 1 heterocycles. The zero-order valence-corrected chi connectivity index (χ0v) is 9.46. The molecule has 3 nitrogen and oxygen atoms in total. The maximum absolute atomic E-state index is 12.5. The summed E-state index contributed by atoms with van der Waals surface area (Å²) in [5.41, 5.74) is -0.160. The first-order valence-corrected chi connectivity index (χ1v) is 5.02. The van der Waals surface area contributed by atoms with Gasteiger partial charge in [-0.1, -0.05) is 18.5 Å². The normalized spacial score (nSPS) is 15.4. The standard InChI is InChI=1S/C10H9ClF3NO2/c1-5(10(12,13)14)8(9(16)17)7-3-2-6(11)4-15-7/h2-5,8H,1H3,(H,16,17)/t5-,8-/m1/s1. The molecule has 0 aliphatic carbocycles. The number of halogens is 4. The minimum atomic E-state index is -4.59. The van der Waals surface area contributed by atoms with Gasteiger partial charge in [0.2, 0.25) is 0 Å². The van der Waals surface area contributed by atoms with Gasteiger partial charge in [-0.3, -0.25) is 9.78 Å². The van der Waals surface area contributed by atoms with Crippen molar-refractivity contribution in [3.63, 3.8) is 0 Å². The Hall–Kier alpha value is -1.30. The first kappa shape index (κ1) is 13.8. The van der Waals surface area contributed by atoms with Crippen LogP contribution in [0, 0.1) is 5.92 Å². The zero-order valence-electron chi connectivity index (χ0n) is 8.70. The van der Waals surface area contributed by atoms with E-state index in [1.165, 1.54) is 12.1 Å². The number of aromatic nitrogens is 1. The van der Waals surface area contributed by atoms with Crippen LogP contribution in [0.4, 0.5) is 13.2 Å². The Labute approximate surface area is 100 Å². The lowest BCUT2D eigenvalue weighted by molar-refractivity contribution is -0.184. The molecule has 0 amide bonds. The molecule has 1 aromatic rings. The molecule has 7 heteroatoms. The molecule has 17 heavy (non-hydrogen) atoms. The molecule has 2 atom stereocenters. The third kappa shape index (κ3) is 3.33. The van der Waals surface area contributed by atoms with E-state index in [0.29, 0.717) is 0 Å². The van der Waals surface area contributed by atoms with Gasteiger partial charge in [0.05, 0.1) is 16.6 Å². The Balaban J connectivity index is 3.10. The lowest BCUT2D eigenvalue weighted by Gasteiger charge is -2.22. The van der Waals surface area contributed by atoms with Crippen LogP contribution in [0.3, 0.4) is 0 Å². The molecule has 1 N–H and O–H groups in total. The van der Waals surface area contributed by atoms with Crippen LogP contribution in [0.5, 0.6) is 0 Å². The van der Waals surface area contributed by atoms with Crippen molar-refractivity contribution in [1.82, 2.24) is 4.98 Å². The highest BCUT2D eigenvalue weighted by atomic mass is 35.5. The lowest BCUT2D eigenvalue weighted by Crippen LogP contribution is -2.31. The molecule has 0 aromatic carbocycles. The Kier molecular flexibility index (Phi) is 3.98. The van der Waals surface area contributed by atoms with Crippen LogP contribution >= 0.6 is 11.6 Å². The lowest BCUT2D eigenvalue weighted by atomic mass is 9.90. The Bertz CT molecular complexity index is 405. The maximum Gasteiger partial charge on any atom is 0.392 e. The topological polar surface area (TPSA) is 50.2 Å². The fourth-order valence-corrected chi connectivity index (χ4v) is 1.47. The van der Waals surface area contributed by atoms with Gasteiger partial charge in [0.1, 0.15) is 5.92 Å². The number of carboxylic acid groups (broad SMARTS) is 1. The van der Waals surface area contributed by atoms with E-state index in [9.17, 15) is 18.0 Å². The molecule has 1 aromatic heterocycles. The van der Waals surface area contributed by atoms with Crippen LogP contribution in [0.1, 0.15) is 18.5 Å². The number of rotatable bonds is 3. The highest BCUT2D eigenvalue weighted by Gasteiger charge is 2.45. The fourth-order valence-electron chi connectivity index (χ4n) is 1.36. The highest BCUT2D eigenvalue weighted by Crippen LogP contribution is 2.36. The molecule has 0 aliphatic heterocycles. The number of pyridine rings is 1. The molecule has 0 saturated carbocycles. The monoisotopic (exact) mass is 267 g/mol. The summed E-state index contributed by atoms with van der Waals surface area (Å²) in [5, 5.41) is 9.09. The van der Waals surface area contributed by atoms with Crippen LogP contribution in [-0.4, -0.2) is 22.2 Å². The molecular weight excluding hydrogens is 259 g/mol. The zero-order chi connectivity index (χ0) is 13.2. The molecule has 0 bridgehead atoms. The highest BCUT2D eigenvalue weighted by molar-refractivity contribution is 6.30. The van der Waals surface area contributed by atoms with Crippen molar-refractivity contribution in [3.05, 3.63) is 29.0 Å². The van der Waals surface area contributed by atoms with Crippen molar-refractivity contribution in [2.24, 2.45) is 5.92 Å². The predicted octanol–water partition coefficient (Wildman–Crippen LogP) is 3.10. The van der Waals surface area contributed by atoms with Crippen LogP contribution in [0.15, 0.2) is 18.3 Å². The second-order valence-corrected chi connectivity index (χ2v) is 3.98. The third-order valence-electron chi connectivity index (χ3n) is 2.35. The second-order valence-electron chi connectivity index (χ2n) is 3.55. The molecule has 94 valence electrons. The van der Waals surface area contributed by atoms with E-state index in [1.54, 1.807) is 0 Å². The predicted molar refractivity (Wildman–Crippen MR) is 54.8 cm³/mol. The van der Waals surface area contributed by atoms with Gasteiger partial charge in [-0.05, 0) is 12.1 Å². The SMILES string of the molecule is C[C@H]([C@@H](C(=O)O)c1ccc(Cl)cn1)C(F)(F)F. The summed E-state index contributed by atoms with van der Waals surface area (Å²) in [6, 6.07) is 2.49. The van der Waals surface area contributed by atoms with Crippen molar-refractivity contribution >= 4 is 17.6 Å². The van der Waals surface area contributed by atoms with Crippen molar-refractivity contribution < 1.29 is 23.1 Å². The first-order chi connectivity index (χ1) is 7.73. The molecule has 0 aliphatic rings. The van der Waals surface area contributed by atoms with Gasteiger partial charge in [-0.2, -0.15) is 13.2 Å². The summed E-state index contributed by atoms with van der Waals surface area (Å²) in [5.74, 6) is -5.31. The van der Waals surface area contributed by atoms with Gasteiger partial charge in [0, 0.05) is 6.20 Å². The van der Waals surface area contributed by atoms with E-state index >= 15 is 0 Å². The maximum atomic E-state index is 12.5. The van der Waals surface area contributed by atoms with Crippen LogP contribution < -0.4 is 0 Å². The Morgan fingerprint density at radius 3 is 2.41 bits per heavy atom. The minimum absolute atomic E-state index is 0.160. The van der Waals surface area contributed by atoms with Crippen molar-refractivity contribution in [3.8, 4) is 0 Å². The molecular formula is C10H9ClF3NO2. The number of hydrogen-bond donors (Lipinski definition) is 1. The average Bonchev–Trinajstić information content (AvgIpc) is 2.19. The Morgan fingerprint density at radius 2 is 2.06 bits per heavy atom. The first-order valence-electron chi connectivity index (χ1n) is 4.64. The minimum Gasteiger partial charge on any atom is -0.481 e. The average molecular weight is 268 g/mol. The smallest absolute Gasteiger partial charge is 0.392 e. The van der Waals surface area contributed by atoms with Gasteiger partial charge in [0.25, 0.3) is 0 Å². The van der Waals surface area contributed by atoms with Gasteiger partial charge in [-0.15, -0.1) is 0 Å². The van der Waals surface area contributed by atoms with Crippen molar-refractivity contribution in [2.45, 2.75) is 19.0 Å². The molecule has 0 unspecified atom stereocenters.